The van der Waals surface area contributed by atoms with Crippen LogP contribution < -0.4 is 14.4 Å². The van der Waals surface area contributed by atoms with Gasteiger partial charge in [0.25, 0.3) is 5.91 Å². The Morgan fingerprint density at radius 2 is 1.89 bits per heavy atom. The minimum atomic E-state index is -1.58. The maximum Gasteiger partial charge on any atom is 0.263 e. The molecule has 2 aromatic carbocycles. The average molecular weight is 782 g/mol. The summed E-state index contributed by atoms with van der Waals surface area (Å²) in [6.45, 7) is 16.5. The molecule has 7 unspecified atom stereocenters. The molecule has 5 aliphatic rings. The van der Waals surface area contributed by atoms with Gasteiger partial charge in [-0.1, -0.05) is 50.1 Å². The Morgan fingerprint density at radius 3 is 2.59 bits per heavy atom. The van der Waals surface area contributed by atoms with Crippen molar-refractivity contribution in [2.24, 2.45) is 23.7 Å². The van der Waals surface area contributed by atoms with Crippen molar-refractivity contribution in [1.29, 1.82) is 0 Å². The molecule has 54 heavy (non-hydrogen) atoms. The molecule has 9 nitrogen and oxygen atoms in total. The van der Waals surface area contributed by atoms with Gasteiger partial charge in [-0.05, 0) is 104 Å². The lowest BCUT2D eigenvalue weighted by Crippen LogP contribution is -2.64. The predicted molar refractivity (Wildman–Crippen MR) is 218 cm³/mol. The fraction of sp³-hybridized carbons (Fsp3) is 0.651. The quantitative estimate of drug-likeness (QED) is 0.281. The van der Waals surface area contributed by atoms with Crippen molar-refractivity contribution in [3.05, 3.63) is 70.3 Å². The molecule has 7 rings (SSSR count). The maximum absolute atomic E-state index is 13.9. The number of nitrogens with one attached hydrogen (secondary N) is 1. The molecule has 11 heteroatoms. The van der Waals surface area contributed by atoms with E-state index in [0.29, 0.717) is 43.0 Å². The summed E-state index contributed by atoms with van der Waals surface area (Å²) in [5.41, 5.74) is 4.21. The van der Waals surface area contributed by atoms with Crippen LogP contribution in [-0.2, 0) is 26.9 Å². The predicted octanol–water partition coefficient (Wildman–Crippen LogP) is 6.72. The lowest BCUT2D eigenvalue weighted by Gasteiger charge is -2.51. The molecule has 0 spiro atoms. The first kappa shape index (κ1) is 39.8. The van der Waals surface area contributed by atoms with Crippen molar-refractivity contribution in [2.75, 3.05) is 84.3 Å². The van der Waals surface area contributed by atoms with Crippen molar-refractivity contribution in [1.82, 2.24) is 14.5 Å². The standard InChI is InChI=1S/C43H61ClN4O5S/c1-5-7-31-22-36(44)12-14-37(31)35-26-47-25-34-10-13-38(34)33(24-46-17-19-48(20-18-46)43(3)28-52-29-43)9-6-8-30(2)41(16-21-51-4)54(50)45-42(49)32-11-15-40(53-27-35)39(47)23-32/h6,9,11-12,14-15,22-23,30,33-35,38,41H,5,7-8,10,13,16-21,24-29H2,1-4H3,(H,45,49)/b9-6+. The van der Waals surface area contributed by atoms with Crippen LogP contribution in [0.15, 0.2) is 48.6 Å². The number of carbonyl (C=O) groups excluding carboxylic acids is 1. The molecular weight excluding hydrogens is 720 g/mol. The molecule has 296 valence electrons. The van der Waals surface area contributed by atoms with E-state index in [1.54, 1.807) is 7.11 Å². The minimum Gasteiger partial charge on any atom is -0.491 e. The van der Waals surface area contributed by atoms with E-state index in [9.17, 15) is 9.00 Å². The Kier molecular flexibility index (Phi) is 13.1. The monoisotopic (exact) mass is 780 g/mol. The summed E-state index contributed by atoms with van der Waals surface area (Å²) in [7, 11) is 0.0953. The van der Waals surface area contributed by atoms with E-state index in [0.717, 1.165) is 94.7 Å². The van der Waals surface area contributed by atoms with Crippen LogP contribution in [0.5, 0.6) is 5.75 Å². The molecule has 0 aromatic heterocycles. The van der Waals surface area contributed by atoms with Crippen molar-refractivity contribution in [3.8, 4) is 5.75 Å². The maximum atomic E-state index is 13.9. The number of hydrogen-bond acceptors (Lipinski definition) is 8. The SMILES string of the molecule is CCCc1cc(Cl)ccc1C1COc2ccc3cc2N(C1)CC1CCC1C(CN1CCN(C2(C)COC2)CC1)/C=C/CC(C)C(CCOC)S(=O)NC3=O. The molecule has 7 atom stereocenters. The lowest BCUT2D eigenvalue weighted by atomic mass is 9.66. The van der Waals surface area contributed by atoms with Gasteiger partial charge in [0.15, 0.2) is 0 Å². The van der Waals surface area contributed by atoms with E-state index in [1.165, 1.54) is 24.0 Å². The second-order valence-corrected chi connectivity index (χ2v) is 18.7. The average Bonchev–Trinajstić information content (AvgIpc) is 3.31. The largest absolute Gasteiger partial charge is 0.491 e. The van der Waals surface area contributed by atoms with Gasteiger partial charge in [-0.15, -0.1) is 0 Å². The number of ether oxygens (including phenoxy) is 3. The number of anilines is 1. The number of hydrogen-bond donors (Lipinski definition) is 1. The normalized spacial score (nSPS) is 31.2. The van der Waals surface area contributed by atoms with Gasteiger partial charge in [0, 0.05) is 76.0 Å². The minimum absolute atomic E-state index is 0.107. The molecular formula is C43H61ClN4O5S. The molecule has 1 amide bonds. The zero-order valence-corrected chi connectivity index (χ0v) is 34.3. The zero-order valence-electron chi connectivity index (χ0n) is 32.8. The molecule has 2 aromatic rings. The molecule has 3 fully saturated rings. The highest BCUT2D eigenvalue weighted by atomic mass is 35.5. The van der Waals surface area contributed by atoms with Gasteiger partial charge in [-0.25, -0.2) is 4.21 Å². The fourth-order valence-electron chi connectivity index (χ4n) is 9.49. The topological polar surface area (TPSA) is 83.6 Å². The highest BCUT2D eigenvalue weighted by Crippen LogP contribution is 2.45. The van der Waals surface area contributed by atoms with Crippen LogP contribution in [0.1, 0.15) is 80.3 Å². The number of fused-ring (bicyclic) bond motifs is 2. The van der Waals surface area contributed by atoms with Crippen molar-refractivity contribution in [2.45, 2.75) is 76.0 Å². The number of aryl methyl sites for hydroxylation is 1. The fourth-order valence-corrected chi connectivity index (χ4v) is 11.0. The number of piperazine rings is 1. The van der Waals surface area contributed by atoms with Crippen molar-refractivity contribution >= 4 is 34.2 Å². The lowest BCUT2D eigenvalue weighted by molar-refractivity contribution is -0.140. The number of benzene rings is 2. The summed E-state index contributed by atoms with van der Waals surface area (Å²) >= 11 is 6.51. The summed E-state index contributed by atoms with van der Waals surface area (Å²) in [6.07, 6.45) is 10.7. The van der Waals surface area contributed by atoms with Gasteiger partial charge >= 0.3 is 0 Å². The van der Waals surface area contributed by atoms with Crippen LogP contribution in [0.4, 0.5) is 5.69 Å². The zero-order chi connectivity index (χ0) is 37.8. The Hall–Kier alpha value is -2.47. The Bertz CT molecular complexity index is 1660. The first-order valence-electron chi connectivity index (χ1n) is 20.4. The van der Waals surface area contributed by atoms with E-state index in [4.69, 9.17) is 25.8 Å². The Balaban J connectivity index is 1.20. The Labute approximate surface area is 330 Å². The van der Waals surface area contributed by atoms with Crippen LogP contribution in [0.25, 0.3) is 0 Å². The van der Waals surface area contributed by atoms with Crippen molar-refractivity contribution in [3.63, 3.8) is 0 Å². The summed E-state index contributed by atoms with van der Waals surface area (Å²) in [5, 5.41) is 0.533. The smallest absolute Gasteiger partial charge is 0.263 e. The third kappa shape index (κ3) is 8.89. The molecule has 2 bridgehead atoms. The summed E-state index contributed by atoms with van der Waals surface area (Å²) in [5.74, 6) is 2.23. The summed E-state index contributed by atoms with van der Waals surface area (Å²) in [4.78, 5) is 21.6. The molecule has 1 saturated carbocycles. The number of methoxy groups -OCH3 is 1. The van der Waals surface area contributed by atoms with Crippen LogP contribution in [0.2, 0.25) is 5.02 Å². The number of carbonyl (C=O) groups is 1. The van der Waals surface area contributed by atoms with Gasteiger partial charge in [-0.3, -0.25) is 14.4 Å². The van der Waals surface area contributed by atoms with Crippen LogP contribution in [0, 0.1) is 23.7 Å². The van der Waals surface area contributed by atoms with E-state index in [-0.39, 0.29) is 28.5 Å². The van der Waals surface area contributed by atoms with Gasteiger partial charge < -0.3 is 24.0 Å². The van der Waals surface area contributed by atoms with Gasteiger partial charge in [0.1, 0.15) is 16.7 Å². The van der Waals surface area contributed by atoms with Gasteiger partial charge in [-0.2, -0.15) is 0 Å². The molecule has 4 heterocycles. The van der Waals surface area contributed by atoms with E-state index < -0.39 is 11.0 Å². The Morgan fingerprint density at radius 1 is 1.07 bits per heavy atom. The van der Waals surface area contributed by atoms with E-state index in [2.05, 4.69) is 64.5 Å². The highest BCUT2D eigenvalue weighted by molar-refractivity contribution is 7.84. The molecule has 2 saturated heterocycles. The highest BCUT2D eigenvalue weighted by Gasteiger charge is 2.42. The number of amides is 1. The second kappa shape index (κ2) is 17.8. The third-order valence-corrected chi connectivity index (χ3v) is 14.9. The van der Waals surface area contributed by atoms with Gasteiger partial charge in [0.05, 0.1) is 36.3 Å². The molecule has 0 radical (unpaired) electrons. The van der Waals surface area contributed by atoms with Crippen LogP contribution in [-0.4, -0.2) is 110 Å². The van der Waals surface area contributed by atoms with E-state index in [1.807, 2.05) is 24.3 Å². The number of halogens is 1. The van der Waals surface area contributed by atoms with E-state index >= 15 is 0 Å². The van der Waals surface area contributed by atoms with Gasteiger partial charge in [0.2, 0.25) is 0 Å². The van der Waals surface area contributed by atoms with Crippen LogP contribution in [0.3, 0.4) is 0 Å². The summed E-state index contributed by atoms with van der Waals surface area (Å²) in [6, 6.07) is 12.0. The number of rotatable bonds is 9. The molecule has 4 aliphatic heterocycles. The first-order chi connectivity index (χ1) is 26.2. The van der Waals surface area contributed by atoms with Crippen LogP contribution >= 0.6 is 11.6 Å². The molecule has 1 aliphatic carbocycles. The summed E-state index contributed by atoms with van der Waals surface area (Å²) < 4.78 is 34.4. The third-order valence-electron chi connectivity index (χ3n) is 13.0. The molecule has 1 N–H and O–H groups in total. The first-order valence-corrected chi connectivity index (χ1v) is 22.0. The number of allylic oxidation sites excluding steroid dienone is 1. The number of nitrogens with zero attached hydrogens (tertiary/aromatic N) is 3. The second-order valence-electron chi connectivity index (χ2n) is 16.8. The van der Waals surface area contributed by atoms with Crippen molar-refractivity contribution < 1.29 is 23.2 Å².